The molecule has 1 fully saturated rings. The van der Waals surface area contributed by atoms with Crippen molar-refractivity contribution in [2.75, 3.05) is 11.1 Å². The molecule has 1 aromatic rings. The van der Waals surface area contributed by atoms with Gasteiger partial charge in [0.25, 0.3) is 0 Å². The van der Waals surface area contributed by atoms with Crippen LogP contribution in [0.3, 0.4) is 0 Å². The summed E-state index contributed by atoms with van der Waals surface area (Å²) in [5, 5.41) is 3.51. The molecule has 4 heteroatoms. The van der Waals surface area contributed by atoms with Gasteiger partial charge >= 0.3 is 0 Å². The van der Waals surface area contributed by atoms with Gasteiger partial charge in [-0.05, 0) is 39.0 Å². The molecular weight excluding hydrogens is 236 g/mol. The van der Waals surface area contributed by atoms with E-state index in [0.717, 1.165) is 29.5 Å². The van der Waals surface area contributed by atoms with Crippen LogP contribution in [0.5, 0.6) is 0 Å². The molecule has 0 aliphatic heterocycles. The maximum atomic E-state index is 6.00. The zero-order chi connectivity index (χ0) is 14.0. The molecule has 1 saturated carbocycles. The Morgan fingerprint density at radius 1 is 1.32 bits per heavy atom. The quantitative estimate of drug-likeness (QED) is 0.823. The molecule has 0 radical (unpaired) electrons. The van der Waals surface area contributed by atoms with Gasteiger partial charge in [-0.1, -0.05) is 20.3 Å². The van der Waals surface area contributed by atoms with Crippen molar-refractivity contribution in [3.8, 4) is 0 Å². The maximum Gasteiger partial charge on any atom is 0.136 e. The summed E-state index contributed by atoms with van der Waals surface area (Å²) in [5.41, 5.74) is 6.97. The number of rotatable bonds is 6. The number of anilines is 2. The number of nitrogens with two attached hydrogens (primary N) is 1. The Hall–Kier alpha value is -1.32. The lowest BCUT2D eigenvalue weighted by atomic mass is 10.0. The van der Waals surface area contributed by atoms with E-state index in [9.17, 15) is 0 Å². The summed E-state index contributed by atoms with van der Waals surface area (Å²) in [6.45, 7) is 8.72. The molecule has 0 amide bonds. The third-order valence-corrected chi connectivity index (χ3v) is 3.98. The van der Waals surface area contributed by atoms with Crippen LogP contribution in [0, 0.1) is 12.8 Å². The topological polar surface area (TPSA) is 63.8 Å². The Morgan fingerprint density at radius 2 is 2.00 bits per heavy atom. The fourth-order valence-corrected chi connectivity index (χ4v) is 2.28. The average molecular weight is 262 g/mol. The van der Waals surface area contributed by atoms with Crippen LogP contribution in [0.25, 0.3) is 0 Å². The van der Waals surface area contributed by atoms with Gasteiger partial charge in [0.15, 0.2) is 0 Å². The van der Waals surface area contributed by atoms with Crippen LogP contribution in [0.1, 0.15) is 63.8 Å². The summed E-state index contributed by atoms with van der Waals surface area (Å²) in [6.07, 6.45) is 4.76. The fourth-order valence-electron chi connectivity index (χ4n) is 2.28. The van der Waals surface area contributed by atoms with Gasteiger partial charge in [0.05, 0.1) is 0 Å². The number of aromatic nitrogens is 2. The molecule has 0 saturated heterocycles. The minimum atomic E-state index is 0.412. The zero-order valence-corrected chi connectivity index (χ0v) is 12.5. The number of nitrogens with zero attached hydrogens (tertiary/aromatic N) is 2. The van der Waals surface area contributed by atoms with Crippen LogP contribution >= 0.6 is 0 Å². The second-order valence-corrected chi connectivity index (χ2v) is 6.01. The summed E-state index contributed by atoms with van der Waals surface area (Å²) in [5.74, 6) is 3.72. The lowest BCUT2D eigenvalue weighted by molar-refractivity contribution is 0.483. The first-order valence-corrected chi connectivity index (χ1v) is 7.41. The largest absolute Gasteiger partial charge is 0.383 e. The van der Waals surface area contributed by atoms with E-state index >= 15 is 0 Å². The maximum absolute atomic E-state index is 6.00. The average Bonchev–Trinajstić information content (AvgIpc) is 3.18. The fraction of sp³-hybridized carbons (Fsp3) is 0.733. The first kappa shape index (κ1) is 14.1. The Bertz CT molecular complexity index is 440. The van der Waals surface area contributed by atoms with Crippen molar-refractivity contribution in [1.29, 1.82) is 0 Å². The van der Waals surface area contributed by atoms with E-state index in [0.29, 0.717) is 17.8 Å². The second-order valence-electron chi connectivity index (χ2n) is 6.01. The van der Waals surface area contributed by atoms with E-state index in [2.05, 4.69) is 36.1 Å². The van der Waals surface area contributed by atoms with Gasteiger partial charge in [-0.3, -0.25) is 0 Å². The summed E-state index contributed by atoms with van der Waals surface area (Å²) in [7, 11) is 0. The normalized spacial score (nSPS) is 18.1. The van der Waals surface area contributed by atoms with E-state index in [1.54, 1.807) is 0 Å². The standard InChI is InChI=1S/C15H26N4/c1-5-9(2)8-10(3)17-14-11(4)13(16)18-15(19-14)12-6-7-12/h9-10,12H,5-8H2,1-4H3,(H3,16,17,18,19). The summed E-state index contributed by atoms with van der Waals surface area (Å²) >= 11 is 0. The van der Waals surface area contributed by atoms with Crippen molar-refractivity contribution in [3.63, 3.8) is 0 Å². The molecule has 19 heavy (non-hydrogen) atoms. The molecule has 2 unspecified atom stereocenters. The minimum absolute atomic E-state index is 0.412. The van der Waals surface area contributed by atoms with Gasteiger partial charge in [-0.15, -0.1) is 0 Å². The summed E-state index contributed by atoms with van der Waals surface area (Å²) in [4.78, 5) is 9.07. The molecule has 1 aliphatic carbocycles. The van der Waals surface area contributed by atoms with Crippen molar-refractivity contribution in [2.24, 2.45) is 5.92 Å². The first-order valence-electron chi connectivity index (χ1n) is 7.41. The Morgan fingerprint density at radius 3 is 2.58 bits per heavy atom. The molecule has 2 rings (SSSR count). The highest BCUT2D eigenvalue weighted by atomic mass is 15.1. The van der Waals surface area contributed by atoms with E-state index in [1.807, 2.05) is 6.92 Å². The van der Waals surface area contributed by atoms with Gasteiger partial charge < -0.3 is 11.1 Å². The number of nitrogen functional groups attached to an aromatic ring is 1. The van der Waals surface area contributed by atoms with Crippen LogP contribution in [-0.4, -0.2) is 16.0 Å². The lowest BCUT2D eigenvalue weighted by Crippen LogP contribution is -2.20. The van der Waals surface area contributed by atoms with Gasteiger partial charge in [-0.25, -0.2) is 9.97 Å². The predicted molar refractivity (Wildman–Crippen MR) is 80.3 cm³/mol. The predicted octanol–water partition coefficient (Wildman–Crippen LogP) is 3.48. The van der Waals surface area contributed by atoms with Crippen molar-refractivity contribution >= 4 is 11.6 Å². The van der Waals surface area contributed by atoms with Crippen LogP contribution in [-0.2, 0) is 0 Å². The highest BCUT2D eigenvalue weighted by molar-refractivity contribution is 5.55. The molecule has 106 valence electrons. The lowest BCUT2D eigenvalue weighted by Gasteiger charge is -2.20. The number of hydrogen-bond donors (Lipinski definition) is 2. The molecular formula is C15H26N4. The monoisotopic (exact) mass is 262 g/mol. The molecule has 0 spiro atoms. The Kier molecular flexibility index (Phi) is 4.27. The van der Waals surface area contributed by atoms with Crippen LogP contribution in [0.15, 0.2) is 0 Å². The highest BCUT2D eigenvalue weighted by Gasteiger charge is 2.28. The van der Waals surface area contributed by atoms with Crippen LogP contribution < -0.4 is 11.1 Å². The number of nitrogens with one attached hydrogen (secondary N) is 1. The van der Waals surface area contributed by atoms with Crippen molar-refractivity contribution in [2.45, 2.75) is 65.3 Å². The zero-order valence-electron chi connectivity index (χ0n) is 12.5. The van der Waals surface area contributed by atoms with Crippen molar-refractivity contribution in [3.05, 3.63) is 11.4 Å². The van der Waals surface area contributed by atoms with Crippen molar-refractivity contribution < 1.29 is 0 Å². The molecule has 0 bridgehead atoms. The van der Waals surface area contributed by atoms with Crippen LogP contribution in [0.2, 0.25) is 0 Å². The van der Waals surface area contributed by atoms with Gasteiger partial charge in [0.1, 0.15) is 17.5 Å². The van der Waals surface area contributed by atoms with Crippen LogP contribution in [0.4, 0.5) is 11.6 Å². The summed E-state index contributed by atoms with van der Waals surface area (Å²) < 4.78 is 0. The van der Waals surface area contributed by atoms with E-state index < -0.39 is 0 Å². The van der Waals surface area contributed by atoms with Crippen molar-refractivity contribution in [1.82, 2.24) is 9.97 Å². The highest BCUT2D eigenvalue weighted by Crippen LogP contribution is 2.39. The molecule has 4 nitrogen and oxygen atoms in total. The van der Waals surface area contributed by atoms with Gasteiger partial charge in [0.2, 0.25) is 0 Å². The van der Waals surface area contributed by atoms with E-state index in [-0.39, 0.29) is 0 Å². The second kappa shape index (κ2) is 5.76. The molecule has 1 aromatic heterocycles. The molecule has 2 atom stereocenters. The third kappa shape index (κ3) is 3.58. The van der Waals surface area contributed by atoms with Gasteiger partial charge in [0, 0.05) is 17.5 Å². The molecule has 1 aliphatic rings. The number of hydrogen-bond acceptors (Lipinski definition) is 4. The molecule has 0 aromatic carbocycles. The first-order chi connectivity index (χ1) is 9.01. The van der Waals surface area contributed by atoms with Gasteiger partial charge in [-0.2, -0.15) is 0 Å². The molecule has 3 N–H and O–H groups in total. The Balaban J connectivity index is 2.10. The third-order valence-electron chi connectivity index (χ3n) is 3.98. The van der Waals surface area contributed by atoms with E-state index in [4.69, 9.17) is 5.73 Å². The van der Waals surface area contributed by atoms with E-state index in [1.165, 1.54) is 19.3 Å². The Labute approximate surface area is 116 Å². The molecule has 1 heterocycles. The summed E-state index contributed by atoms with van der Waals surface area (Å²) in [6, 6.07) is 0.412. The minimum Gasteiger partial charge on any atom is -0.383 e. The SMILES string of the molecule is CCC(C)CC(C)Nc1nc(C2CC2)nc(N)c1C. The smallest absolute Gasteiger partial charge is 0.136 e.